The summed E-state index contributed by atoms with van der Waals surface area (Å²) in [6.45, 7) is 6.15. The quantitative estimate of drug-likeness (QED) is 0.623. The Labute approximate surface area is 117 Å². The molecule has 0 saturated carbocycles. The molecule has 0 aliphatic rings. The molecular formula is C15H21F3O2. The zero-order valence-corrected chi connectivity index (χ0v) is 12.2. The van der Waals surface area contributed by atoms with Gasteiger partial charge >= 0.3 is 6.18 Å². The van der Waals surface area contributed by atoms with Gasteiger partial charge in [-0.2, -0.15) is 13.2 Å². The van der Waals surface area contributed by atoms with Gasteiger partial charge in [0, 0.05) is 0 Å². The Morgan fingerprint density at radius 3 is 1.95 bits per heavy atom. The Morgan fingerprint density at radius 2 is 1.60 bits per heavy atom. The van der Waals surface area contributed by atoms with Crippen molar-refractivity contribution < 1.29 is 23.3 Å². The average Bonchev–Trinajstić information content (AvgIpc) is 2.38. The van der Waals surface area contributed by atoms with Crippen LogP contribution in [0.3, 0.4) is 0 Å². The molecule has 0 aromatic heterocycles. The molecule has 0 radical (unpaired) electrons. The molecule has 2 atom stereocenters. The van der Waals surface area contributed by atoms with Crippen LogP contribution in [0.15, 0.2) is 30.3 Å². The molecule has 1 aromatic carbocycles. The van der Waals surface area contributed by atoms with E-state index in [0.717, 1.165) is 6.92 Å². The topological polar surface area (TPSA) is 29.5 Å². The highest BCUT2D eigenvalue weighted by Gasteiger charge is 2.61. The molecule has 0 spiro atoms. The summed E-state index contributed by atoms with van der Waals surface area (Å²) in [5.74, 6) is 0. The van der Waals surface area contributed by atoms with E-state index < -0.39 is 23.1 Å². The zero-order chi connectivity index (χ0) is 15.6. The molecule has 1 aromatic rings. The molecular weight excluding hydrogens is 269 g/mol. The Kier molecular flexibility index (Phi) is 4.87. The summed E-state index contributed by atoms with van der Waals surface area (Å²) in [5.41, 5.74) is -3.05. The molecule has 0 bridgehead atoms. The van der Waals surface area contributed by atoms with Crippen molar-refractivity contribution in [3.05, 3.63) is 35.9 Å². The predicted octanol–water partition coefficient (Wildman–Crippen LogP) is 4.80. The molecule has 114 valence electrons. The molecule has 0 aliphatic carbocycles. The molecule has 20 heavy (non-hydrogen) atoms. The van der Waals surface area contributed by atoms with Gasteiger partial charge in [0.05, 0.1) is 0 Å². The van der Waals surface area contributed by atoms with Crippen LogP contribution in [-0.4, -0.2) is 17.5 Å². The minimum Gasteiger partial charge on any atom is -0.251 e. The van der Waals surface area contributed by atoms with Crippen molar-refractivity contribution in [3.8, 4) is 0 Å². The Balaban J connectivity index is 3.47. The van der Waals surface area contributed by atoms with Crippen LogP contribution < -0.4 is 0 Å². The molecule has 0 saturated heterocycles. The van der Waals surface area contributed by atoms with Gasteiger partial charge in [-0.15, -0.1) is 0 Å². The summed E-state index contributed by atoms with van der Waals surface area (Å²) >= 11 is 0. The lowest BCUT2D eigenvalue weighted by Gasteiger charge is -2.44. The number of benzene rings is 1. The standard InChI is InChI=1S/C15H21F3O2/c1-5-13(2,3)12(20-19)14(4,15(16,17)18)11-9-7-6-8-10-11/h6-10,12,19H,5H2,1-4H3. The maximum Gasteiger partial charge on any atom is 0.400 e. The van der Waals surface area contributed by atoms with Gasteiger partial charge in [0.15, 0.2) is 0 Å². The van der Waals surface area contributed by atoms with Gasteiger partial charge in [0.25, 0.3) is 0 Å². The summed E-state index contributed by atoms with van der Waals surface area (Å²) in [7, 11) is 0. The summed E-state index contributed by atoms with van der Waals surface area (Å²) in [5, 5.41) is 9.15. The van der Waals surface area contributed by atoms with Gasteiger partial charge in [0.1, 0.15) is 11.5 Å². The van der Waals surface area contributed by atoms with E-state index in [1.807, 2.05) is 0 Å². The highest BCUT2D eigenvalue weighted by atomic mass is 19.4. The maximum atomic E-state index is 13.7. The average molecular weight is 290 g/mol. The molecule has 0 fully saturated rings. The van der Waals surface area contributed by atoms with Gasteiger partial charge in [-0.3, -0.25) is 5.26 Å². The molecule has 1 N–H and O–H groups in total. The van der Waals surface area contributed by atoms with Crippen molar-refractivity contribution in [1.82, 2.24) is 0 Å². The van der Waals surface area contributed by atoms with Crippen LogP contribution in [0.4, 0.5) is 13.2 Å². The van der Waals surface area contributed by atoms with Crippen LogP contribution in [0, 0.1) is 5.41 Å². The SMILES string of the molecule is CCC(C)(C)C(OO)C(C)(c1ccccc1)C(F)(F)F. The second-order valence-electron chi connectivity index (χ2n) is 5.89. The summed E-state index contributed by atoms with van der Waals surface area (Å²) in [4.78, 5) is 4.33. The maximum absolute atomic E-state index is 13.7. The van der Waals surface area contributed by atoms with E-state index in [-0.39, 0.29) is 5.56 Å². The first-order valence-corrected chi connectivity index (χ1v) is 6.53. The van der Waals surface area contributed by atoms with Gasteiger partial charge in [-0.25, -0.2) is 4.89 Å². The molecule has 0 heterocycles. The predicted molar refractivity (Wildman–Crippen MR) is 71.4 cm³/mol. The fourth-order valence-electron chi connectivity index (χ4n) is 2.46. The Bertz CT molecular complexity index is 428. The number of halogens is 3. The van der Waals surface area contributed by atoms with Crippen molar-refractivity contribution in [1.29, 1.82) is 0 Å². The van der Waals surface area contributed by atoms with Crippen LogP contribution in [-0.2, 0) is 10.3 Å². The first kappa shape index (κ1) is 17.0. The third-order valence-electron chi connectivity index (χ3n) is 4.21. The first-order valence-electron chi connectivity index (χ1n) is 6.53. The van der Waals surface area contributed by atoms with E-state index in [1.54, 1.807) is 39.0 Å². The normalized spacial score (nSPS) is 17.6. The lowest BCUT2D eigenvalue weighted by Crippen LogP contribution is -2.55. The fourth-order valence-corrected chi connectivity index (χ4v) is 2.46. The highest BCUT2D eigenvalue weighted by molar-refractivity contribution is 5.29. The van der Waals surface area contributed by atoms with Crippen LogP contribution in [0.5, 0.6) is 0 Å². The molecule has 2 nitrogen and oxygen atoms in total. The Morgan fingerprint density at radius 1 is 1.10 bits per heavy atom. The largest absolute Gasteiger partial charge is 0.400 e. The lowest BCUT2D eigenvalue weighted by molar-refractivity contribution is -0.348. The summed E-state index contributed by atoms with van der Waals surface area (Å²) in [6, 6.07) is 7.57. The number of rotatable bonds is 5. The van der Waals surface area contributed by atoms with Crippen molar-refractivity contribution in [2.24, 2.45) is 5.41 Å². The Hall–Kier alpha value is -1.07. The van der Waals surface area contributed by atoms with E-state index in [1.165, 1.54) is 12.1 Å². The molecule has 1 rings (SSSR count). The third-order valence-corrected chi connectivity index (χ3v) is 4.21. The molecule has 0 amide bonds. The van der Waals surface area contributed by atoms with E-state index in [2.05, 4.69) is 4.89 Å². The number of hydrogen-bond donors (Lipinski definition) is 1. The van der Waals surface area contributed by atoms with Gasteiger partial charge in [0.2, 0.25) is 0 Å². The molecule has 5 heteroatoms. The van der Waals surface area contributed by atoms with Crippen molar-refractivity contribution in [2.45, 2.75) is 51.8 Å². The summed E-state index contributed by atoms with van der Waals surface area (Å²) in [6.07, 6.45) is -5.51. The van der Waals surface area contributed by atoms with E-state index in [0.29, 0.717) is 6.42 Å². The fraction of sp³-hybridized carbons (Fsp3) is 0.600. The zero-order valence-electron chi connectivity index (χ0n) is 12.2. The van der Waals surface area contributed by atoms with Crippen molar-refractivity contribution in [2.75, 3.05) is 0 Å². The van der Waals surface area contributed by atoms with E-state index in [9.17, 15) is 13.2 Å². The minimum absolute atomic E-state index is 0.0769. The monoisotopic (exact) mass is 290 g/mol. The van der Waals surface area contributed by atoms with E-state index in [4.69, 9.17) is 5.26 Å². The van der Waals surface area contributed by atoms with Gasteiger partial charge in [-0.1, -0.05) is 51.1 Å². The first-order chi connectivity index (χ1) is 9.11. The van der Waals surface area contributed by atoms with Crippen molar-refractivity contribution in [3.63, 3.8) is 0 Å². The third kappa shape index (κ3) is 2.83. The van der Waals surface area contributed by atoms with Crippen LogP contribution >= 0.6 is 0 Å². The number of alkyl halides is 3. The van der Waals surface area contributed by atoms with Gasteiger partial charge in [-0.05, 0) is 24.3 Å². The second-order valence-corrected chi connectivity index (χ2v) is 5.89. The highest BCUT2D eigenvalue weighted by Crippen LogP contribution is 2.50. The molecule has 0 aliphatic heterocycles. The van der Waals surface area contributed by atoms with Gasteiger partial charge < -0.3 is 0 Å². The number of hydrogen-bond acceptors (Lipinski definition) is 2. The van der Waals surface area contributed by atoms with Crippen LogP contribution in [0.2, 0.25) is 0 Å². The summed E-state index contributed by atoms with van der Waals surface area (Å²) < 4.78 is 41.1. The lowest BCUT2D eigenvalue weighted by atomic mass is 9.66. The van der Waals surface area contributed by atoms with Crippen LogP contribution in [0.1, 0.15) is 39.7 Å². The van der Waals surface area contributed by atoms with E-state index >= 15 is 0 Å². The van der Waals surface area contributed by atoms with Crippen LogP contribution in [0.25, 0.3) is 0 Å². The molecule has 2 unspecified atom stereocenters. The second kappa shape index (κ2) is 5.74. The smallest absolute Gasteiger partial charge is 0.251 e. The van der Waals surface area contributed by atoms with Crippen molar-refractivity contribution >= 4 is 0 Å². The minimum atomic E-state index is -4.55.